The number of hydrogen-bond donors (Lipinski definition) is 2. The first kappa shape index (κ1) is 15.0. The van der Waals surface area contributed by atoms with Gasteiger partial charge in [0, 0.05) is 18.6 Å². The van der Waals surface area contributed by atoms with Crippen molar-refractivity contribution in [3.63, 3.8) is 0 Å². The van der Waals surface area contributed by atoms with Crippen LogP contribution in [-0.4, -0.2) is 31.7 Å². The molecule has 1 aliphatic heterocycles. The number of rotatable bonds is 5. The Morgan fingerprint density at radius 3 is 2.90 bits per heavy atom. The summed E-state index contributed by atoms with van der Waals surface area (Å²) in [5.74, 6) is -0.202. The molecular formula is C16H24N2O2. The summed E-state index contributed by atoms with van der Waals surface area (Å²) in [6.45, 7) is 6.06. The van der Waals surface area contributed by atoms with Gasteiger partial charge in [-0.1, -0.05) is 30.3 Å². The van der Waals surface area contributed by atoms with Gasteiger partial charge in [-0.15, -0.1) is 0 Å². The Hall–Kier alpha value is -1.39. The van der Waals surface area contributed by atoms with Gasteiger partial charge in [-0.25, -0.2) is 0 Å². The van der Waals surface area contributed by atoms with Crippen molar-refractivity contribution in [2.24, 2.45) is 5.92 Å². The molecule has 4 nitrogen and oxygen atoms in total. The largest absolute Gasteiger partial charge is 0.466 e. The lowest BCUT2D eigenvalue weighted by Gasteiger charge is -2.33. The van der Waals surface area contributed by atoms with Crippen LogP contribution in [0.3, 0.4) is 0 Å². The maximum Gasteiger partial charge on any atom is 0.311 e. The summed E-state index contributed by atoms with van der Waals surface area (Å²) in [7, 11) is 0. The molecule has 1 aromatic carbocycles. The molecule has 0 amide bonds. The molecule has 1 fully saturated rings. The minimum Gasteiger partial charge on any atom is -0.466 e. The molecule has 0 bridgehead atoms. The van der Waals surface area contributed by atoms with Crippen molar-refractivity contribution < 1.29 is 9.53 Å². The highest BCUT2D eigenvalue weighted by molar-refractivity contribution is 5.73. The third-order valence-electron chi connectivity index (χ3n) is 3.84. The Morgan fingerprint density at radius 1 is 1.45 bits per heavy atom. The van der Waals surface area contributed by atoms with Gasteiger partial charge in [0.2, 0.25) is 0 Å². The van der Waals surface area contributed by atoms with Crippen LogP contribution in [0.2, 0.25) is 0 Å². The summed E-state index contributed by atoms with van der Waals surface area (Å²) >= 11 is 0. The second-order valence-electron chi connectivity index (χ2n) is 5.26. The van der Waals surface area contributed by atoms with Gasteiger partial charge in [-0.3, -0.25) is 4.79 Å². The number of nitrogens with one attached hydrogen (secondary N) is 2. The van der Waals surface area contributed by atoms with E-state index in [9.17, 15) is 4.79 Å². The predicted molar refractivity (Wildman–Crippen MR) is 79.4 cm³/mol. The molecule has 1 aliphatic rings. The Morgan fingerprint density at radius 2 is 2.20 bits per heavy atom. The van der Waals surface area contributed by atoms with Gasteiger partial charge >= 0.3 is 5.97 Å². The van der Waals surface area contributed by atoms with E-state index in [-0.39, 0.29) is 24.0 Å². The van der Waals surface area contributed by atoms with Gasteiger partial charge < -0.3 is 15.4 Å². The molecule has 0 aromatic heterocycles. The van der Waals surface area contributed by atoms with Gasteiger partial charge in [-0.2, -0.15) is 0 Å². The summed E-state index contributed by atoms with van der Waals surface area (Å²) in [4.78, 5) is 12.0. The first-order valence-corrected chi connectivity index (χ1v) is 7.40. The quantitative estimate of drug-likeness (QED) is 0.806. The normalized spacial score (nSPS) is 24.1. The lowest BCUT2D eigenvalue weighted by atomic mass is 9.92. The lowest BCUT2D eigenvalue weighted by Crippen LogP contribution is -2.51. The smallest absolute Gasteiger partial charge is 0.311 e. The third-order valence-corrected chi connectivity index (χ3v) is 3.84. The number of hydrogen-bond acceptors (Lipinski definition) is 4. The Balaban J connectivity index is 2.00. The van der Waals surface area contributed by atoms with Crippen LogP contribution in [0.4, 0.5) is 0 Å². The summed E-state index contributed by atoms with van der Waals surface area (Å²) in [5.41, 5.74) is 1.24. The number of piperidine rings is 1. The predicted octanol–water partition coefficient (Wildman–Crippen LogP) is 1.88. The molecule has 110 valence electrons. The molecule has 1 aromatic rings. The van der Waals surface area contributed by atoms with Crippen LogP contribution in [-0.2, 0) is 9.53 Å². The molecule has 0 spiro atoms. The average Bonchev–Trinajstić information content (AvgIpc) is 2.49. The summed E-state index contributed by atoms with van der Waals surface area (Å²) < 4.78 is 5.18. The molecule has 1 heterocycles. The van der Waals surface area contributed by atoms with E-state index in [4.69, 9.17) is 4.74 Å². The van der Waals surface area contributed by atoms with Crippen molar-refractivity contribution in [1.82, 2.24) is 10.6 Å². The molecule has 20 heavy (non-hydrogen) atoms. The van der Waals surface area contributed by atoms with Crippen molar-refractivity contribution in [1.29, 1.82) is 0 Å². The van der Waals surface area contributed by atoms with E-state index in [1.165, 1.54) is 5.56 Å². The molecular weight excluding hydrogens is 252 g/mol. The highest BCUT2D eigenvalue weighted by Gasteiger charge is 2.32. The van der Waals surface area contributed by atoms with Gasteiger partial charge in [0.05, 0.1) is 12.5 Å². The van der Waals surface area contributed by atoms with E-state index in [1.54, 1.807) is 0 Å². The SMILES string of the molecule is CCOC(=O)[C@H]1CNCC[C@@H]1N[C@@H](C)c1ccccc1. The fourth-order valence-corrected chi connectivity index (χ4v) is 2.71. The molecule has 0 aliphatic carbocycles. The van der Waals surface area contributed by atoms with Gasteiger partial charge in [0.25, 0.3) is 0 Å². The maximum atomic E-state index is 12.0. The highest BCUT2D eigenvalue weighted by Crippen LogP contribution is 2.19. The van der Waals surface area contributed by atoms with E-state index >= 15 is 0 Å². The van der Waals surface area contributed by atoms with Crippen LogP contribution < -0.4 is 10.6 Å². The highest BCUT2D eigenvalue weighted by atomic mass is 16.5. The topological polar surface area (TPSA) is 50.4 Å². The average molecular weight is 276 g/mol. The molecule has 0 radical (unpaired) electrons. The standard InChI is InChI=1S/C16H24N2O2/c1-3-20-16(19)14-11-17-10-9-15(14)18-12(2)13-7-5-4-6-8-13/h4-8,12,14-15,17-18H,3,9-11H2,1-2H3/t12-,14-,15-/m0/s1. The molecule has 1 saturated heterocycles. The van der Waals surface area contributed by atoms with E-state index in [0.717, 1.165) is 13.0 Å². The number of benzene rings is 1. The minimum atomic E-state index is -0.102. The van der Waals surface area contributed by atoms with Crippen molar-refractivity contribution in [2.45, 2.75) is 32.4 Å². The minimum absolute atomic E-state index is 0.0996. The lowest BCUT2D eigenvalue weighted by molar-refractivity contribution is -0.149. The number of esters is 1. The first-order valence-electron chi connectivity index (χ1n) is 7.40. The molecule has 3 atom stereocenters. The van der Waals surface area contributed by atoms with Crippen molar-refractivity contribution in [3.8, 4) is 0 Å². The molecule has 0 saturated carbocycles. The second-order valence-corrected chi connectivity index (χ2v) is 5.26. The molecule has 2 rings (SSSR count). The van der Waals surface area contributed by atoms with Crippen LogP contribution in [0.25, 0.3) is 0 Å². The van der Waals surface area contributed by atoms with Gasteiger partial charge in [-0.05, 0) is 32.4 Å². The molecule has 2 N–H and O–H groups in total. The van der Waals surface area contributed by atoms with E-state index in [1.807, 2.05) is 25.1 Å². The first-order chi connectivity index (χ1) is 9.72. The Labute approximate surface area is 120 Å². The summed E-state index contributed by atoms with van der Waals surface area (Å²) in [6.07, 6.45) is 0.945. The second kappa shape index (κ2) is 7.41. The monoisotopic (exact) mass is 276 g/mol. The molecule has 4 heteroatoms. The van der Waals surface area contributed by atoms with Crippen molar-refractivity contribution in [3.05, 3.63) is 35.9 Å². The van der Waals surface area contributed by atoms with Crippen LogP contribution in [0.15, 0.2) is 30.3 Å². The van der Waals surface area contributed by atoms with E-state index in [0.29, 0.717) is 13.2 Å². The number of carbonyl (C=O) groups excluding carboxylic acids is 1. The van der Waals surface area contributed by atoms with E-state index < -0.39 is 0 Å². The van der Waals surface area contributed by atoms with Crippen molar-refractivity contribution in [2.75, 3.05) is 19.7 Å². The summed E-state index contributed by atoms with van der Waals surface area (Å²) in [5, 5.41) is 6.86. The molecule has 0 unspecified atom stereocenters. The fraction of sp³-hybridized carbons (Fsp3) is 0.562. The zero-order valence-electron chi connectivity index (χ0n) is 12.3. The zero-order valence-corrected chi connectivity index (χ0v) is 12.3. The number of ether oxygens (including phenoxy) is 1. The Kier molecular flexibility index (Phi) is 5.56. The van der Waals surface area contributed by atoms with Crippen LogP contribution in [0.1, 0.15) is 31.9 Å². The van der Waals surface area contributed by atoms with Gasteiger partial charge in [0.1, 0.15) is 0 Å². The fourth-order valence-electron chi connectivity index (χ4n) is 2.71. The Bertz CT molecular complexity index is 422. The van der Waals surface area contributed by atoms with Crippen LogP contribution in [0.5, 0.6) is 0 Å². The maximum absolute atomic E-state index is 12.0. The van der Waals surface area contributed by atoms with Gasteiger partial charge in [0.15, 0.2) is 0 Å². The third kappa shape index (κ3) is 3.81. The van der Waals surface area contributed by atoms with Crippen LogP contribution >= 0.6 is 0 Å². The van der Waals surface area contributed by atoms with Crippen LogP contribution in [0, 0.1) is 5.92 Å². The van der Waals surface area contributed by atoms with Crippen molar-refractivity contribution >= 4 is 5.97 Å². The zero-order chi connectivity index (χ0) is 14.4. The van der Waals surface area contributed by atoms with E-state index in [2.05, 4.69) is 29.7 Å². The summed E-state index contributed by atoms with van der Waals surface area (Å²) in [6, 6.07) is 10.7. The number of carbonyl (C=O) groups is 1.